The summed E-state index contributed by atoms with van der Waals surface area (Å²) < 4.78 is 1.39. The van der Waals surface area contributed by atoms with Crippen LogP contribution in [0.3, 0.4) is 0 Å². The van der Waals surface area contributed by atoms with Crippen molar-refractivity contribution in [1.29, 1.82) is 0 Å². The first-order valence-electron chi connectivity index (χ1n) is 8.22. The number of aromatic carboxylic acids is 1. The number of nitrogens with one attached hydrogen (secondary N) is 1. The molecule has 0 aromatic heterocycles. The molecule has 30 heavy (non-hydrogen) atoms. The van der Waals surface area contributed by atoms with E-state index in [9.17, 15) is 19.5 Å². The number of carbonyl (C=O) groups is 3. The van der Waals surface area contributed by atoms with Crippen molar-refractivity contribution < 1.29 is 24.6 Å². The normalized spacial score (nSPS) is 15.0. The predicted octanol–water partition coefficient (Wildman–Crippen LogP) is 4.46. The highest BCUT2D eigenvalue weighted by Crippen LogP contribution is 2.37. The molecule has 0 radical (unpaired) electrons. The first-order chi connectivity index (χ1) is 14.2. The van der Waals surface area contributed by atoms with Crippen LogP contribution in [0.4, 0.5) is 5.69 Å². The summed E-state index contributed by atoms with van der Waals surface area (Å²) in [6.45, 7) is -0.295. The summed E-state index contributed by atoms with van der Waals surface area (Å²) in [7, 11) is 0. The highest BCUT2D eigenvalue weighted by Gasteiger charge is 2.33. The van der Waals surface area contributed by atoms with Gasteiger partial charge in [-0.2, -0.15) is 0 Å². The Labute approximate surface area is 197 Å². The molecule has 1 aliphatic rings. The third kappa shape index (κ3) is 5.09. The van der Waals surface area contributed by atoms with E-state index in [-0.39, 0.29) is 27.1 Å². The molecule has 1 heterocycles. The van der Waals surface area contributed by atoms with Gasteiger partial charge in [-0.25, -0.2) is 4.79 Å². The number of nitrogens with zero attached hydrogens (tertiary/aromatic N) is 1. The van der Waals surface area contributed by atoms with Gasteiger partial charge in [0.15, 0.2) is 0 Å². The van der Waals surface area contributed by atoms with Crippen LogP contribution in [0.25, 0.3) is 6.08 Å². The SMILES string of the molecule is O=C(CN1C(=O)/C(=C/c2cc(Br)cc(Br)c2O)SC1=S)Nc1ccc(C(=O)O)cc1. The third-order valence-corrected chi connectivity index (χ3v) is 6.38. The molecular formula is C19H12Br2N2O5S2. The highest BCUT2D eigenvalue weighted by atomic mass is 79.9. The Kier molecular flexibility index (Phi) is 6.96. The number of hydrogen-bond donors (Lipinski definition) is 3. The third-order valence-electron chi connectivity index (χ3n) is 3.94. The van der Waals surface area contributed by atoms with Gasteiger partial charge in [0.1, 0.15) is 16.6 Å². The summed E-state index contributed by atoms with van der Waals surface area (Å²) in [6, 6.07) is 8.97. The maximum absolute atomic E-state index is 12.7. The van der Waals surface area contributed by atoms with Gasteiger partial charge in [0.05, 0.1) is 14.9 Å². The quantitative estimate of drug-likeness (QED) is 0.359. The monoisotopic (exact) mass is 570 g/mol. The van der Waals surface area contributed by atoms with Crippen molar-refractivity contribution >= 4 is 89.7 Å². The maximum Gasteiger partial charge on any atom is 0.335 e. The molecule has 154 valence electrons. The van der Waals surface area contributed by atoms with Gasteiger partial charge >= 0.3 is 5.97 Å². The Morgan fingerprint density at radius 3 is 2.50 bits per heavy atom. The van der Waals surface area contributed by atoms with Crippen LogP contribution in [0.1, 0.15) is 15.9 Å². The molecule has 0 bridgehead atoms. The smallest absolute Gasteiger partial charge is 0.335 e. The number of aromatic hydroxyl groups is 1. The summed E-state index contributed by atoms with van der Waals surface area (Å²) in [5.41, 5.74) is 0.909. The number of anilines is 1. The van der Waals surface area contributed by atoms with E-state index in [1.165, 1.54) is 30.3 Å². The lowest BCUT2D eigenvalue weighted by atomic mass is 10.2. The molecule has 1 saturated heterocycles. The van der Waals surface area contributed by atoms with Crippen molar-refractivity contribution in [2.75, 3.05) is 11.9 Å². The molecule has 2 aromatic carbocycles. The van der Waals surface area contributed by atoms with E-state index in [2.05, 4.69) is 37.2 Å². The molecule has 0 aliphatic carbocycles. The average Bonchev–Trinajstić information content (AvgIpc) is 2.93. The number of carbonyl (C=O) groups excluding carboxylic acids is 2. The molecule has 2 amide bonds. The number of halogens is 2. The molecule has 1 fully saturated rings. The number of carboxylic acid groups (broad SMARTS) is 1. The summed E-state index contributed by atoms with van der Waals surface area (Å²) in [4.78, 5) is 37.4. The standard InChI is InChI=1S/C19H12Br2N2O5S2/c20-11-5-10(16(25)13(21)7-11)6-14-17(26)23(19(29)30-14)8-15(24)22-12-3-1-9(2-4-12)18(27)28/h1-7,25H,8H2,(H,22,24)(H,27,28)/b14-6-. The molecule has 3 rings (SSSR count). The van der Waals surface area contributed by atoms with E-state index in [0.29, 0.717) is 20.2 Å². The Balaban J connectivity index is 1.72. The lowest BCUT2D eigenvalue weighted by Crippen LogP contribution is -2.36. The van der Waals surface area contributed by atoms with Crippen molar-refractivity contribution in [3.8, 4) is 5.75 Å². The Hall–Kier alpha value is -2.21. The number of hydrogen-bond acceptors (Lipinski definition) is 6. The van der Waals surface area contributed by atoms with Gasteiger partial charge in [-0.05, 0) is 58.4 Å². The summed E-state index contributed by atoms with van der Waals surface area (Å²) in [6.07, 6.45) is 1.51. The Morgan fingerprint density at radius 2 is 1.87 bits per heavy atom. The number of phenols is 1. The van der Waals surface area contributed by atoms with Crippen LogP contribution in [0, 0.1) is 0 Å². The fourth-order valence-corrected chi connectivity index (χ4v) is 5.02. The zero-order valence-corrected chi connectivity index (χ0v) is 19.7. The second kappa shape index (κ2) is 9.29. The second-order valence-electron chi connectivity index (χ2n) is 6.02. The van der Waals surface area contributed by atoms with Crippen LogP contribution < -0.4 is 5.32 Å². The number of rotatable bonds is 5. The molecule has 2 aromatic rings. The summed E-state index contributed by atoms with van der Waals surface area (Å²) in [5, 5.41) is 21.7. The fraction of sp³-hybridized carbons (Fsp3) is 0.0526. The van der Waals surface area contributed by atoms with Crippen molar-refractivity contribution in [3.05, 3.63) is 61.4 Å². The lowest BCUT2D eigenvalue weighted by molar-refractivity contribution is -0.126. The summed E-state index contributed by atoms with van der Waals surface area (Å²) in [5.74, 6) is -2.02. The first-order valence-corrected chi connectivity index (χ1v) is 11.0. The molecular weight excluding hydrogens is 560 g/mol. The van der Waals surface area contributed by atoms with E-state index >= 15 is 0 Å². The average molecular weight is 572 g/mol. The minimum Gasteiger partial charge on any atom is -0.506 e. The van der Waals surface area contributed by atoms with Crippen molar-refractivity contribution in [3.63, 3.8) is 0 Å². The minimum atomic E-state index is -1.07. The molecule has 1 aliphatic heterocycles. The predicted molar refractivity (Wildman–Crippen MR) is 125 cm³/mol. The zero-order chi connectivity index (χ0) is 22.0. The number of phenolic OH excluding ortho intramolecular Hbond substituents is 1. The van der Waals surface area contributed by atoms with Crippen LogP contribution in [0.15, 0.2) is 50.2 Å². The largest absolute Gasteiger partial charge is 0.506 e. The molecule has 3 N–H and O–H groups in total. The number of thioether (sulfide) groups is 1. The van der Waals surface area contributed by atoms with Gasteiger partial charge in [-0.15, -0.1) is 0 Å². The number of carboxylic acids is 1. The minimum absolute atomic E-state index is 0.0222. The maximum atomic E-state index is 12.7. The first kappa shape index (κ1) is 22.5. The summed E-state index contributed by atoms with van der Waals surface area (Å²) >= 11 is 12.8. The van der Waals surface area contributed by atoms with Crippen LogP contribution in [-0.4, -0.2) is 43.8 Å². The van der Waals surface area contributed by atoms with Gasteiger partial charge < -0.3 is 15.5 Å². The zero-order valence-electron chi connectivity index (χ0n) is 14.9. The lowest BCUT2D eigenvalue weighted by Gasteiger charge is -2.14. The van der Waals surface area contributed by atoms with E-state index in [4.69, 9.17) is 17.3 Å². The van der Waals surface area contributed by atoms with Crippen molar-refractivity contribution in [2.45, 2.75) is 0 Å². The van der Waals surface area contributed by atoms with Gasteiger partial charge in [-0.3, -0.25) is 14.5 Å². The Bertz CT molecular complexity index is 1100. The number of thiocarbonyl (C=S) groups is 1. The number of amides is 2. The van der Waals surface area contributed by atoms with Gasteiger partial charge in [0.25, 0.3) is 5.91 Å². The molecule has 0 unspecified atom stereocenters. The van der Waals surface area contributed by atoms with E-state index in [0.717, 1.165) is 16.7 Å². The second-order valence-corrected chi connectivity index (χ2v) is 9.47. The van der Waals surface area contributed by atoms with E-state index < -0.39 is 17.8 Å². The fourth-order valence-electron chi connectivity index (χ4n) is 2.51. The molecule has 11 heteroatoms. The van der Waals surface area contributed by atoms with E-state index in [1.807, 2.05) is 0 Å². The number of benzene rings is 2. The van der Waals surface area contributed by atoms with Gasteiger partial charge in [-0.1, -0.05) is 39.9 Å². The van der Waals surface area contributed by atoms with E-state index in [1.54, 1.807) is 12.1 Å². The molecule has 0 spiro atoms. The van der Waals surface area contributed by atoms with Gasteiger partial charge in [0.2, 0.25) is 5.91 Å². The highest BCUT2D eigenvalue weighted by molar-refractivity contribution is 9.11. The van der Waals surface area contributed by atoms with Crippen molar-refractivity contribution in [2.24, 2.45) is 0 Å². The van der Waals surface area contributed by atoms with Crippen molar-refractivity contribution in [1.82, 2.24) is 4.90 Å². The molecule has 0 atom stereocenters. The topological polar surface area (TPSA) is 107 Å². The molecule has 0 saturated carbocycles. The van der Waals surface area contributed by atoms with Crippen LogP contribution in [0.2, 0.25) is 0 Å². The molecule has 7 nitrogen and oxygen atoms in total. The Morgan fingerprint density at radius 1 is 1.20 bits per heavy atom. The van der Waals surface area contributed by atoms with Crippen LogP contribution >= 0.6 is 55.8 Å². The van der Waals surface area contributed by atoms with Crippen LogP contribution in [-0.2, 0) is 9.59 Å². The van der Waals surface area contributed by atoms with Crippen LogP contribution in [0.5, 0.6) is 5.75 Å². The van der Waals surface area contributed by atoms with Gasteiger partial charge in [0, 0.05) is 15.7 Å².